The fraction of sp³-hybridized carbons (Fsp3) is 0.409. The van der Waals surface area contributed by atoms with Crippen LogP contribution in [0.1, 0.15) is 30.4 Å². The normalized spacial score (nSPS) is 15.1. The summed E-state index contributed by atoms with van der Waals surface area (Å²) >= 11 is 3.59. The maximum atomic E-state index is 13.5. The molecule has 322 valence electrons. The second kappa shape index (κ2) is 19.2. The zero-order chi connectivity index (χ0) is 43.3. The van der Waals surface area contributed by atoms with Crippen molar-refractivity contribution in [2.75, 3.05) is 105 Å². The van der Waals surface area contributed by atoms with E-state index in [0.717, 1.165) is 93.1 Å². The molecule has 0 atom stereocenters. The predicted octanol–water partition coefficient (Wildman–Crippen LogP) is 7.32. The molecule has 0 radical (unpaired) electrons. The van der Waals surface area contributed by atoms with E-state index in [1.807, 2.05) is 24.3 Å². The van der Waals surface area contributed by atoms with Crippen LogP contribution in [0.5, 0.6) is 5.75 Å². The fourth-order valence-electron chi connectivity index (χ4n) is 8.44. The summed E-state index contributed by atoms with van der Waals surface area (Å²) in [5, 5.41) is 10.0. The number of aromatic nitrogens is 4. The van der Waals surface area contributed by atoms with E-state index in [2.05, 4.69) is 93.6 Å². The van der Waals surface area contributed by atoms with Crippen molar-refractivity contribution in [1.29, 1.82) is 0 Å². The van der Waals surface area contributed by atoms with Crippen LogP contribution in [0.2, 0.25) is 0 Å². The third-order valence-corrected chi connectivity index (χ3v) is 13.6. The lowest BCUT2D eigenvalue weighted by atomic mass is 9.95. The molecular formula is C44H55BrN11O4P. The van der Waals surface area contributed by atoms with Crippen molar-refractivity contribution in [2.24, 2.45) is 5.92 Å². The smallest absolute Gasteiger partial charge is 0.321 e. The van der Waals surface area contributed by atoms with Gasteiger partial charge in [0.05, 0.1) is 33.8 Å². The molecule has 2 saturated heterocycles. The maximum absolute atomic E-state index is 13.5. The third kappa shape index (κ3) is 10.1. The van der Waals surface area contributed by atoms with Crippen LogP contribution in [-0.4, -0.2) is 117 Å². The van der Waals surface area contributed by atoms with Crippen molar-refractivity contribution >= 4 is 91.9 Å². The number of benzene rings is 3. The van der Waals surface area contributed by atoms with Crippen LogP contribution in [0.4, 0.5) is 45.0 Å². The summed E-state index contributed by atoms with van der Waals surface area (Å²) in [6.07, 6.45) is 8.31. The number of carbonyl (C=O) groups is 2. The van der Waals surface area contributed by atoms with Crippen LogP contribution in [0.15, 0.2) is 65.5 Å². The highest BCUT2D eigenvalue weighted by molar-refractivity contribution is 9.10. The van der Waals surface area contributed by atoms with E-state index < -0.39 is 7.14 Å². The highest BCUT2D eigenvalue weighted by Gasteiger charge is 2.27. The number of nitrogens with one attached hydrogen (secondary N) is 3. The molecule has 0 saturated carbocycles. The minimum atomic E-state index is -2.77. The molecule has 0 bridgehead atoms. The first-order chi connectivity index (χ1) is 29.4. The number of ether oxygens (including phenoxy) is 1. The zero-order valence-corrected chi connectivity index (χ0v) is 38.2. The first-order valence-electron chi connectivity index (χ1n) is 20.7. The van der Waals surface area contributed by atoms with Crippen molar-refractivity contribution in [2.45, 2.75) is 33.1 Å². The van der Waals surface area contributed by atoms with Gasteiger partial charge in [-0.05, 0) is 109 Å². The van der Waals surface area contributed by atoms with Crippen molar-refractivity contribution in [1.82, 2.24) is 30.2 Å². The van der Waals surface area contributed by atoms with E-state index in [-0.39, 0.29) is 6.03 Å². The number of aldehydes is 1. The highest BCUT2D eigenvalue weighted by Crippen LogP contribution is 2.42. The minimum absolute atomic E-state index is 0.217. The van der Waals surface area contributed by atoms with Gasteiger partial charge < -0.3 is 39.8 Å². The van der Waals surface area contributed by atoms with Crippen LogP contribution in [0, 0.1) is 19.8 Å². The van der Waals surface area contributed by atoms with Crippen LogP contribution in [0.3, 0.4) is 0 Å². The van der Waals surface area contributed by atoms with E-state index in [0.29, 0.717) is 62.9 Å². The van der Waals surface area contributed by atoms with Gasteiger partial charge in [-0.1, -0.05) is 0 Å². The molecule has 0 spiro atoms. The average molecular weight is 913 g/mol. The molecule has 2 amide bonds. The van der Waals surface area contributed by atoms with Gasteiger partial charge in [0.1, 0.15) is 30.5 Å². The number of halogens is 1. The molecule has 2 fully saturated rings. The number of urea groups is 1. The Morgan fingerprint density at radius 3 is 2.33 bits per heavy atom. The average Bonchev–Trinajstić information content (AvgIpc) is 3.25. The molecule has 3 N–H and O–H groups in total. The number of methoxy groups -OCH3 is 1. The SMILES string of the molecule is CNC(=O)N(CCC=O)c1ccc(N2CCC(CN3CCN(c4cc(OC)c(Nc5ncc(Br)c(Nc6ccc7nccnc7c6P(C)(C)=O)n5)cc4C)CC3)CC2)c(C)c1. The van der Waals surface area contributed by atoms with E-state index in [1.165, 1.54) is 5.69 Å². The molecule has 2 aliphatic heterocycles. The summed E-state index contributed by atoms with van der Waals surface area (Å²) in [5.74, 6) is 2.21. The molecule has 3 aromatic carbocycles. The number of anilines is 7. The Morgan fingerprint density at radius 1 is 0.918 bits per heavy atom. The van der Waals surface area contributed by atoms with Gasteiger partial charge in [0.25, 0.3) is 0 Å². The topological polar surface area (TPSA) is 161 Å². The monoisotopic (exact) mass is 911 g/mol. The van der Waals surface area contributed by atoms with E-state index >= 15 is 0 Å². The lowest BCUT2D eigenvalue weighted by Gasteiger charge is -2.40. The van der Waals surface area contributed by atoms with Gasteiger partial charge in [-0.2, -0.15) is 4.98 Å². The maximum Gasteiger partial charge on any atom is 0.321 e. The van der Waals surface area contributed by atoms with Gasteiger partial charge in [0.2, 0.25) is 5.95 Å². The van der Waals surface area contributed by atoms with E-state index in [1.54, 1.807) is 51.0 Å². The third-order valence-electron chi connectivity index (χ3n) is 11.5. The van der Waals surface area contributed by atoms with Crippen molar-refractivity contribution in [3.63, 3.8) is 0 Å². The highest BCUT2D eigenvalue weighted by atomic mass is 79.9. The lowest BCUT2D eigenvalue weighted by molar-refractivity contribution is -0.107. The minimum Gasteiger partial charge on any atom is -0.494 e. The molecule has 5 aromatic rings. The molecule has 17 heteroatoms. The first-order valence-corrected chi connectivity index (χ1v) is 24.1. The Labute approximate surface area is 366 Å². The van der Waals surface area contributed by atoms with Gasteiger partial charge in [-0.25, -0.2) is 9.78 Å². The van der Waals surface area contributed by atoms with Crippen LogP contribution >= 0.6 is 23.1 Å². The van der Waals surface area contributed by atoms with Crippen molar-refractivity contribution in [3.8, 4) is 5.75 Å². The number of hydrogen-bond acceptors (Lipinski definition) is 13. The molecule has 2 aromatic heterocycles. The van der Waals surface area contributed by atoms with Crippen LogP contribution in [-0.2, 0) is 9.36 Å². The summed E-state index contributed by atoms with van der Waals surface area (Å²) in [7, 11) is 0.511. The Kier molecular flexibility index (Phi) is 13.8. The number of aryl methyl sites for hydroxylation is 2. The van der Waals surface area contributed by atoms with Crippen LogP contribution in [0.25, 0.3) is 11.0 Å². The molecular weight excluding hydrogens is 857 g/mol. The van der Waals surface area contributed by atoms with Gasteiger partial charge >= 0.3 is 6.03 Å². The van der Waals surface area contributed by atoms with Crippen molar-refractivity contribution < 1.29 is 18.9 Å². The molecule has 0 aliphatic carbocycles. The summed E-state index contributed by atoms with van der Waals surface area (Å²) in [6.45, 7) is 15.0. The Bertz CT molecular complexity index is 2430. The molecule has 15 nitrogen and oxygen atoms in total. The summed E-state index contributed by atoms with van der Waals surface area (Å²) in [5.41, 5.74) is 8.06. The molecule has 4 heterocycles. The number of piperidine rings is 1. The summed E-state index contributed by atoms with van der Waals surface area (Å²) < 4.78 is 20.0. The number of amides is 2. The molecule has 7 rings (SSSR count). The molecule has 0 unspecified atom stereocenters. The number of rotatable bonds is 14. The van der Waals surface area contributed by atoms with Crippen molar-refractivity contribution in [3.05, 3.63) is 76.7 Å². The van der Waals surface area contributed by atoms with Gasteiger partial charge in [-0.3, -0.25) is 19.8 Å². The lowest BCUT2D eigenvalue weighted by Crippen LogP contribution is -2.49. The largest absolute Gasteiger partial charge is 0.494 e. The summed E-state index contributed by atoms with van der Waals surface area (Å²) in [6, 6.07) is 13.8. The number of nitrogens with zero attached hydrogens (tertiary/aromatic N) is 8. The Morgan fingerprint density at radius 2 is 1.64 bits per heavy atom. The van der Waals surface area contributed by atoms with Gasteiger partial charge in [-0.15, -0.1) is 0 Å². The quantitative estimate of drug-likeness (QED) is 0.0752. The fourth-order valence-corrected chi connectivity index (χ4v) is 10.1. The Hall–Kier alpha value is -5.31. The predicted molar refractivity (Wildman–Crippen MR) is 250 cm³/mol. The molecule has 61 heavy (non-hydrogen) atoms. The Balaban J connectivity index is 0.949. The molecule has 2 aliphatic rings. The number of fused-ring (bicyclic) bond motifs is 1. The second-order valence-electron chi connectivity index (χ2n) is 16.1. The zero-order valence-electron chi connectivity index (χ0n) is 35.7. The number of carbonyl (C=O) groups excluding carboxylic acids is 2. The summed E-state index contributed by atoms with van der Waals surface area (Å²) in [4.78, 5) is 50.8. The number of piperazine rings is 1. The van der Waals surface area contributed by atoms with Gasteiger partial charge in [0, 0.05) is 108 Å². The van der Waals surface area contributed by atoms with Crippen LogP contribution < -0.4 is 40.7 Å². The van der Waals surface area contributed by atoms with E-state index in [9.17, 15) is 14.2 Å². The number of hydrogen-bond donors (Lipinski definition) is 3. The second-order valence-corrected chi connectivity index (χ2v) is 20.1. The standard InChI is InChI=1S/C44H55BrN11O4P/c1-29-24-32(56(16-7-23-57)44(58)46-3)8-11-37(29)54-17-12-31(13-18-54)28-53-19-21-55(22-20-53)38-26-39(60-4)36(25-30(38)2)51-43-49-27-33(45)42(52-43)50-35-10-9-34-40(48-15-14-47-34)41(35)61(5,6)59/h8-11,14-15,23-27,31H,7,12-13,16-22,28H2,1-6H3,(H,46,58)(H2,49,50,51,52). The van der Waals surface area contributed by atoms with E-state index in [4.69, 9.17) is 9.72 Å². The van der Waals surface area contributed by atoms with Gasteiger partial charge in [0.15, 0.2) is 0 Å². The first kappa shape index (κ1) is 43.8.